The zero-order chi connectivity index (χ0) is 17.8. The van der Waals surface area contributed by atoms with Gasteiger partial charge in [0, 0.05) is 20.5 Å². The van der Waals surface area contributed by atoms with Crippen molar-refractivity contribution in [1.82, 2.24) is 25.1 Å². The van der Waals surface area contributed by atoms with Crippen LogP contribution in [-0.2, 0) is 13.0 Å². The van der Waals surface area contributed by atoms with E-state index in [1.165, 1.54) is 4.90 Å². The molecular weight excluding hydrogens is 318 g/mol. The number of benzene rings is 2. The number of aliphatic hydroxyl groups excluding tert-OH is 1. The second-order valence-corrected chi connectivity index (χ2v) is 5.90. The smallest absolute Gasteiger partial charge is 0.362 e. The molecule has 1 N–H and O–H groups in total. The fourth-order valence-corrected chi connectivity index (χ4v) is 2.37. The fraction of sp³-hybridized carbons (Fsp3) is 0.222. The molecule has 0 aliphatic heterocycles. The highest BCUT2D eigenvalue weighted by atomic mass is 16.3. The molecule has 0 bridgehead atoms. The number of aromatic nitrogens is 4. The highest BCUT2D eigenvalue weighted by Crippen LogP contribution is 2.21. The van der Waals surface area contributed by atoms with Crippen molar-refractivity contribution in [3.63, 3.8) is 0 Å². The monoisotopic (exact) mass is 337 g/mol. The molecule has 0 saturated carbocycles. The predicted octanol–water partition coefficient (Wildman–Crippen LogP) is 1.95. The molecule has 128 valence electrons. The summed E-state index contributed by atoms with van der Waals surface area (Å²) in [5, 5.41) is 20.9. The van der Waals surface area contributed by atoms with Crippen molar-refractivity contribution < 1.29 is 9.90 Å². The lowest BCUT2D eigenvalue weighted by Gasteiger charge is -2.06. The van der Waals surface area contributed by atoms with Gasteiger partial charge in [-0.25, -0.2) is 4.79 Å². The number of carbonyl (C=O) groups is 1. The molecule has 25 heavy (non-hydrogen) atoms. The molecule has 1 heterocycles. The highest BCUT2D eigenvalue weighted by molar-refractivity contribution is 5.74. The van der Waals surface area contributed by atoms with Gasteiger partial charge in [0.05, 0.1) is 6.61 Å². The van der Waals surface area contributed by atoms with Crippen LogP contribution in [0.4, 0.5) is 4.79 Å². The summed E-state index contributed by atoms with van der Waals surface area (Å²) in [7, 11) is 3.27. The van der Waals surface area contributed by atoms with Gasteiger partial charge in [-0.1, -0.05) is 53.3 Å². The van der Waals surface area contributed by atoms with Crippen LogP contribution >= 0.6 is 0 Å². The summed E-state index contributed by atoms with van der Waals surface area (Å²) in [6.07, 6.45) is 0.504. The van der Waals surface area contributed by atoms with Gasteiger partial charge in [-0.05, 0) is 27.5 Å². The predicted molar refractivity (Wildman–Crippen MR) is 92.9 cm³/mol. The second kappa shape index (κ2) is 7.23. The summed E-state index contributed by atoms with van der Waals surface area (Å²) in [6.45, 7) is 0.0449. The Balaban J connectivity index is 1.71. The first-order chi connectivity index (χ1) is 12.1. The van der Waals surface area contributed by atoms with Crippen LogP contribution in [0.2, 0.25) is 0 Å². The Bertz CT molecular complexity index is 854. The first kappa shape index (κ1) is 16.8. The first-order valence-electron chi connectivity index (χ1n) is 7.86. The zero-order valence-electron chi connectivity index (χ0n) is 14.1. The Hall–Kier alpha value is -3.06. The van der Waals surface area contributed by atoms with E-state index in [-0.39, 0.29) is 12.6 Å². The van der Waals surface area contributed by atoms with Crippen LogP contribution in [0.3, 0.4) is 0 Å². The minimum atomic E-state index is -0.333. The third kappa shape index (κ3) is 3.89. The average Bonchev–Trinajstić information content (AvgIpc) is 3.10. The molecule has 7 nitrogen and oxygen atoms in total. The van der Waals surface area contributed by atoms with E-state index in [1.54, 1.807) is 14.1 Å². The maximum Gasteiger partial charge on any atom is 0.362 e. The van der Waals surface area contributed by atoms with Crippen molar-refractivity contribution in [2.24, 2.45) is 0 Å². The molecule has 0 spiro atoms. The summed E-state index contributed by atoms with van der Waals surface area (Å²) >= 11 is 0. The molecule has 0 aliphatic rings. The third-order valence-electron chi connectivity index (χ3n) is 3.79. The lowest BCUT2D eigenvalue weighted by atomic mass is 10.0. The Morgan fingerprint density at radius 1 is 1.00 bits per heavy atom. The topological polar surface area (TPSA) is 84.1 Å². The first-order valence-corrected chi connectivity index (χ1v) is 7.86. The van der Waals surface area contributed by atoms with E-state index >= 15 is 0 Å². The molecule has 7 heteroatoms. The standard InChI is InChI=1S/C18H19N5O2/c1-22(2)18(25)23-20-17(19-21-23)11-13-3-7-15(8-4-13)16-9-5-14(12-24)6-10-16/h3-10,24H,11-12H2,1-2H3. The fourth-order valence-electron chi connectivity index (χ4n) is 2.37. The van der Waals surface area contributed by atoms with Crippen LogP contribution in [-0.4, -0.2) is 50.3 Å². The number of hydrogen-bond acceptors (Lipinski definition) is 5. The van der Waals surface area contributed by atoms with Crippen LogP contribution in [0.15, 0.2) is 48.5 Å². The van der Waals surface area contributed by atoms with Crippen LogP contribution in [0.1, 0.15) is 17.0 Å². The molecule has 1 aromatic heterocycles. The molecule has 0 fully saturated rings. The molecule has 0 atom stereocenters. The minimum absolute atomic E-state index is 0.0449. The van der Waals surface area contributed by atoms with Crippen LogP contribution < -0.4 is 0 Å². The summed E-state index contributed by atoms with van der Waals surface area (Å²) in [5.41, 5.74) is 4.10. The Labute approximate surface area is 145 Å². The summed E-state index contributed by atoms with van der Waals surface area (Å²) in [5.74, 6) is 0.496. The Kier molecular flexibility index (Phi) is 4.85. The molecule has 3 aromatic rings. The van der Waals surface area contributed by atoms with Gasteiger partial charge >= 0.3 is 6.03 Å². The Morgan fingerprint density at radius 3 is 2.08 bits per heavy atom. The highest BCUT2D eigenvalue weighted by Gasteiger charge is 2.12. The van der Waals surface area contributed by atoms with E-state index in [2.05, 4.69) is 15.4 Å². The molecule has 3 rings (SSSR count). The minimum Gasteiger partial charge on any atom is -0.392 e. The van der Waals surface area contributed by atoms with Gasteiger partial charge in [0.1, 0.15) is 0 Å². The van der Waals surface area contributed by atoms with Crippen LogP contribution in [0, 0.1) is 0 Å². The molecule has 0 aliphatic carbocycles. The summed E-state index contributed by atoms with van der Waals surface area (Å²) < 4.78 is 0. The normalized spacial score (nSPS) is 10.7. The van der Waals surface area contributed by atoms with Crippen molar-refractivity contribution in [2.75, 3.05) is 14.1 Å². The van der Waals surface area contributed by atoms with Crippen molar-refractivity contribution in [3.05, 3.63) is 65.5 Å². The van der Waals surface area contributed by atoms with Gasteiger partial charge in [0.25, 0.3) is 0 Å². The van der Waals surface area contributed by atoms with E-state index in [0.717, 1.165) is 27.1 Å². The van der Waals surface area contributed by atoms with Gasteiger partial charge < -0.3 is 10.0 Å². The zero-order valence-corrected chi connectivity index (χ0v) is 14.1. The molecule has 0 saturated heterocycles. The van der Waals surface area contributed by atoms with E-state index in [4.69, 9.17) is 5.11 Å². The van der Waals surface area contributed by atoms with Crippen LogP contribution in [0.25, 0.3) is 11.1 Å². The lowest BCUT2D eigenvalue weighted by Crippen LogP contribution is -2.29. The van der Waals surface area contributed by atoms with E-state index < -0.39 is 0 Å². The van der Waals surface area contributed by atoms with Crippen molar-refractivity contribution in [1.29, 1.82) is 0 Å². The van der Waals surface area contributed by atoms with E-state index in [1.807, 2.05) is 48.5 Å². The lowest BCUT2D eigenvalue weighted by molar-refractivity contribution is 0.211. The summed E-state index contributed by atoms with van der Waals surface area (Å²) in [4.78, 5) is 14.1. The average molecular weight is 337 g/mol. The molecule has 2 aromatic carbocycles. The summed E-state index contributed by atoms with van der Waals surface area (Å²) in [6, 6.07) is 15.5. The number of aliphatic hydroxyl groups is 1. The molecule has 0 unspecified atom stereocenters. The quantitative estimate of drug-likeness (QED) is 0.787. The van der Waals surface area contributed by atoms with E-state index in [0.29, 0.717) is 12.2 Å². The number of hydrogen-bond donors (Lipinski definition) is 1. The molecule has 1 amide bonds. The largest absolute Gasteiger partial charge is 0.392 e. The third-order valence-corrected chi connectivity index (χ3v) is 3.79. The van der Waals surface area contributed by atoms with Crippen molar-refractivity contribution in [3.8, 4) is 11.1 Å². The number of nitrogens with zero attached hydrogens (tertiary/aromatic N) is 5. The van der Waals surface area contributed by atoms with Crippen LogP contribution in [0.5, 0.6) is 0 Å². The maximum atomic E-state index is 11.8. The SMILES string of the molecule is CN(C)C(=O)n1nnc(Cc2ccc(-c3ccc(CO)cc3)cc2)n1. The van der Waals surface area contributed by atoms with Crippen molar-refractivity contribution in [2.45, 2.75) is 13.0 Å². The Morgan fingerprint density at radius 2 is 1.56 bits per heavy atom. The van der Waals surface area contributed by atoms with Crippen molar-refractivity contribution >= 4 is 6.03 Å². The molecule has 0 radical (unpaired) electrons. The van der Waals surface area contributed by atoms with Gasteiger partial charge in [0.15, 0.2) is 5.82 Å². The van der Waals surface area contributed by atoms with Gasteiger partial charge in [0.2, 0.25) is 0 Å². The number of carbonyl (C=O) groups excluding carboxylic acids is 1. The maximum absolute atomic E-state index is 11.8. The number of rotatable bonds is 4. The van der Waals surface area contributed by atoms with Gasteiger partial charge in [-0.2, -0.15) is 0 Å². The van der Waals surface area contributed by atoms with Gasteiger partial charge in [-0.3, -0.25) is 0 Å². The van der Waals surface area contributed by atoms with Gasteiger partial charge in [-0.15, -0.1) is 10.2 Å². The van der Waals surface area contributed by atoms with E-state index in [9.17, 15) is 4.79 Å². The molecular formula is C18H19N5O2. The number of tetrazole rings is 1. The second-order valence-electron chi connectivity index (χ2n) is 5.90. The number of amides is 1.